The molecule has 2 aromatic rings. The highest BCUT2D eigenvalue weighted by molar-refractivity contribution is 5.44. The van der Waals surface area contributed by atoms with Crippen molar-refractivity contribution < 1.29 is 0 Å². The molecule has 3 nitrogen and oxygen atoms in total. The third kappa shape index (κ3) is 2.45. The molecule has 0 radical (unpaired) electrons. The summed E-state index contributed by atoms with van der Waals surface area (Å²) in [4.78, 5) is 4.64. The molecule has 2 aromatic heterocycles. The zero-order chi connectivity index (χ0) is 13.1. The highest BCUT2D eigenvalue weighted by Gasteiger charge is 2.10. The van der Waals surface area contributed by atoms with Crippen molar-refractivity contribution in [1.82, 2.24) is 14.6 Å². The van der Waals surface area contributed by atoms with E-state index in [-0.39, 0.29) is 0 Å². The summed E-state index contributed by atoms with van der Waals surface area (Å²) < 4.78 is 1.96. The minimum atomic E-state index is 0.956. The van der Waals surface area contributed by atoms with Gasteiger partial charge in [0.2, 0.25) is 0 Å². The predicted molar refractivity (Wildman–Crippen MR) is 75.0 cm³/mol. The second-order valence-corrected chi connectivity index (χ2v) is 4.85. The molecule has 0 aliphatic carbocycles. The average molecular weight is 243 g/mol. The lowest BCUT2D eigenvalue weighted by atomic mass is 10.0. The van der Waals surface area contributed by atoms with Crippen molar-refractivity contribution in [3.8, 4) is 0 Å². The molecule has 0 fully saturated rings. The van der Waals surface area contributed by atoms with Gasteiger partial charge in [-0.1, -0.05) is 6.08 Å². The molecule has 2 rings (SSSR count). The number of nitrogens with zero attached hydrogens (tertiary/aromatic N) is 3. The number of aryl methyl sites for hydroxylation is 3. The Balaban J connectivity index is 2.28. The Morgan fingerprint density at radius 1 is 1.28 bits per heavy atom. The van der Waals surface area contributed by atoms with E-state index in [1.165, 1.54) is 24.1 Å². The Morgan fingerprint density at radius 2 is 2.06 bits per heavy atom. The van der Waals surface area contributed by atoms with Crippen LogP contribution in [0.1, 0.15) is 41.9 Å². The summed E-state index contributed by atoms with van der Waals surface area (Å²) in [6.45, 7) is 10.00. The summed E-state index contributed by atoms with van der Waals surface area (Å²) >= 11 is 0. The zero-order valence-corrected chi connectivity index (χ0v) is 11.5. The van der Waals surface area contributed by atoms with Crippen LogP contribution < -0.4 is 0 Å². The lowest BCUT2D eigenvalue weighted by Crippen LogP contribution is -2.05. The van der Waals surface area contributed by atoms with Crippen LogP contribution in [0.2, 0.25) is 0 Å². The van der Waals surface area contributed by atoms with Crippen LogP contribution in [0.15, 0.2) is 18.7 Å². The van der Waals surface area contributed by atoms with Crippen molar-refractivity contribution in [3.63, 3.8) is 0 Å². The largest absolute Gasteiger partial charge is 0.234 e. The molecule has 0 aliphatic heterocycles. The fourth-order valence-corrected chi connectivity index (χ4v) is 2.39. The lowest BCUT2D eigenvalue weighted by Gasteiger charge is -2.10. The third-order valence-corrected chi connectivity index (χ3v) is 3.37. The highest BCUT2D eigenvalue weighted by Crippen LogP contribution is 2.17. The zero-order valence-electron chi connectivity index (χ0n) is 11.5. The Bertz CT molecular complexity index is 567. The van der Waals surface area contributed by atoms with Crippen LogP contribution in [-0.2, 0) is 6.42 Å². The van der Waals surface area contributed by atoms with Gasteiger partial charge in [-0.3, -0.25) is 0 Å². The monoisotopic (exact) mass is 243 g/mol. The van der Waals surface area contributed by atoms with Gasteiger partial charge in [0.05, 0.1) is 5.69 Å². The van der Waals surface area contributed by atoms with E-state index in [4.69, 9.17) is 0 Å². The van der Waals surface area contributed by atoms with Crippen molar-refractivity contribution in [3.05, 3.63) is 41.4 Å². The Kier molecular flexibility index (Phi) is 3.80. The summed E-state index contributed by atoms with van der Waals surface area (Å²) in [5.41, 5.74) is 5.68. The van der Waals surface area contributed by atoms with E-state index >= 15 is 0 Å². The molecule has 3 heteroatoms. The molecule has 0 amide bonds. The smallest absolute Gasteiger partial charge is 0.155 e. The quantitative estimate of drug-likeness (QED) is 0.594. The SMILES string of the molecule is C=CCCCCc1c(C)nc2cc(C)nn2c1C. The summed E-state index contributed by atoms with van der Waals surface area (Å²) in [5.74, 6) is 0. The number of hydrogen-bond acceptors (Lipinski definition) is 2. The van der Waals surface area contributed by atoms with Gasteiger partial charge in [-0.05, 0) is 52.0 Å². The van der Waals surface area contributed by atoms with E-state index in [0.717, 1.165) is 29.9 Å². The number of unbranched alkanes of at least 4 members (excludes halogenated alkanes) is 2. The number of hydrogen-bond donors (Lipinski definition) is 0. The minimum Gasteiger partial charge on any atom is -0.234 e. The number of aromatic nitrogens is 3. The third-order valence-electron chi connectivity index (χ3n) is 3.37. The van der Waals surface area contributed by atoms with Gasteiger partial charge >= 0.3 is 0 Å². The minimum absolute atomic E-state index is 0.956. The summed E-state index contributed by atoms with van der Waals surface area (Å²) in [7, 11) is 0. The first-order valence-corrected chi connectivity index (χ1v) is 6.57. The van der Waals surface area contributed by atoms with Gasteiger partial charge in [0.1, 0.15) is 0 Å². The summed E-state index contributed by atoms with van der Waals surface area (Å²) in [5, 5.41) is 4.50. The fourth-order valence-electron chi connectivity index (χ4n) is 2.39. The first kappa shape index (κ1) is 12.8. The van der Waals surface area contributed by atoms with Crippen LogP contribution in [0.25, 0.3) is 5.65 Å². The van der Waals surface area contributed by atoms with Crippen molar-refractivity contribution in [2.45, 2.75) is 46.5 Å². The van der Waals surface area contributed by atoms with Gasteiger partial charge < -0.3 is 0 Å². The van der Waals surface area contributed by atoms with Gasteiger partial charge in [0.25, 0.3) is 0 Å². The van der Waals surface area contributed by atoms with Crippen LogP contribution in [-0.4, -0.2) is 14.6 Å². The second-order valence-electron chi connectivity index (χ2n) is 4.85. The van der Waals surface area contributed by atoms with Crippen LogP contribution in [0.3, 0.4) is 0 Å². The maximum atomic E-state index is 4.64. The fraction of sp³-hybridized carbons (Fsp3) is 0.467. The number of allylic oxidation sites excluding steroid dienone is 1. The molecule has 2 heterocycles. The van der Waals surface area contributed by atoms with Crippen LogP contribution >= 0.6 is 0 Å². The molecule has 96 valence electrons. The normalized spacial score (nSPS) is 11.1. The van der Waals surface area contributed by atoms with Gasteiger partial charge in [-0.15, -0.1) is 6.58 Å². The van der Waals surface area contributed by atoms with E-state index in [1.54, 1.807) is 0 Å². The maximum absolute atomic E-state index is 4.64. The molecule has 18 heavy (non-hydrogen) atoms. The van der Waals surface area contributed by atoms with Crippen molar-refractivity contribution in [1.29, 1.82) is 0 Å². The highest BCUT2D eigenvalue weighted by atomic mass is 15.3. The molecule has 0 N–H and O–H groups in total. The first-order valence-electron chi connectivity index (χ1n) is 6.57. The average Bonchev–Trinajstić information content (AvgIpc) is 2.69. The van der Waals surface area contributed by atoms with Crippen molar-refractivity contribution in [2.75, 3.05) is 0 Å². The van der Waals surface area contributed by atoms with Gasteiger partial charge in [0.15, 0.2) is 5.65 Å². The molecular formula is C15H21N3. The molecule has 0 saturated carbocycles. The van der Waals surface area contributed by atoms with Crippen LogP contribution in [0, 0.1) is 20.8 Å². The van der Waals surface area contributed by atoms with E-state index in [0.29, 0.717) is 0 Å². The number of fused-ring (bicyclic) bond motifs is 1. The van der Waals surface area contributed by atoms with Gasteiger partial charge in [-0.25, -0.2) is 9.50 Å². The Hall–Kier alpha value is -1.64. The Labute approximate surface area is 109 Å². The van der Waals surface area contributed by atoms with E-state index < -0.39 is 0 Å². The van der Waals surface area contributed by atoms with Crippen molar-refractivity contribution >= 4 is 5.65 Å². The topological polar surface area (TPSA) is 30.2 Å². The van der Waals surface area contributed by atoms with Crippen LogP contribution in [0.4, 0.5) is 0 Å². The van der Waals surface area contributed by atoms with Gasteiger partial charge in [-0.2, -0.15) is 5.10 Å². The second kappa shape index (κ2) is 5.34. The summed E-state index contributed by atoms with van der Waals surface area (Å²) in [6.07, 6.45) is 6.53. The summed E-state index contributed by atoms with van der Waals surface area (Å²) in [6, 6.07) is 2.03. The number of rotatable bonds is 5. The Morgan fingerprint density at radius 3 is 2.78 bits per heavy atom. The van der Waals surface area contributed by atoms with E-state index in [9.17, 15) is 0 Å². The van der Waals surface area contributed by atoms with E-state index in [1.807, 2.05) is 23.6 Å². The first-order chi connectivity index (χ1) is 8.63. The molecule has 0 atom stereocenters. The maximum Gasteiger partial charge on any atom is 0.155 e. The van der Waals surface area contributed by atoms with Crippen LogP contribution in [0.5, 0.6) is 0 Å². The molecule has 0 saturated heterocycles. The molecule has 0 spiro atoms. The van der Waals surface area contributed by atoms with Gasteiger partial charge in [0, 0.05) is 17.5 Å². The molecule has 0 unspecified atom stereocenters. The van der Waals surface area contributed by atoms with Crippen molar-refractivity contribution in [2.24, 2.45) is 0 Å². The molecule has 0 bridgehead atoms. The van der Waals surface area contributed by atoms with E-state index in [2.05, 4.69) is 30.5 Å². The molecule has 0 aromatic carbocycles. The lowest BCUT2D eigenvalue weighted by molar-refractivity contribution is 0.725. The molecular weight excluding hydrogens is 222 g/mol. The predicted octanol–water partition coefficient (Wildman–Crippen LogP) is 3.55. The molecule has 0 aliphatic rings. The standard InChI is InChI=1S/C15H21N3/c1-5-6-7-8-9-14-12(3)16-15-10-11(2)17-18(15)13(14)4/h5,10H,1,6-9H2,2-4H3.